The van der Waals surface area contributed by atoms with Crippen molar-refractivity contribution >= 4 is 28.5 Å². The standard InChI is InChI=1S/C22H21ClN6O3/c1-2-32-21-17(7-4-8-25-21)20(30)24-9-10-29-19-18(12-27-29)22(31)28(14-26-19)13-15-5-3-6-16(23)11-15/h3-8,11-12,14H,2,9-10,13H2,1H3,(H,24,30). The van der Waals surface area contributed by atoms with Crippen molar-refractivity contribution in [1.29, 1.82) is 0 Å². The molecule has 0 unspecified atom stereocenters. The molecule has 0 radical (unpaired) electrons. The Kier molecular flexibility index (Phi) is 6.46. The number of carbonyl (C=O) groups excluding carboxylic acids is 1. The van der Waals surface area contributed by atoms with Crippen LogP contribution in [0.5, 0.6) is 5.88 Å². The summed E-state index contributed by atoms with van der Waals surface area (Å²) in [6.45, 7) is 3.25. The fourth-order valence-corrected chi connectivity index (χ4v) is 3.50. The van der Waals surface area contributed by atoms with Crippen LogP contribution < -0.4 is 15.6 Å². The summed E-state index contributed by atoms with van der Waals surface area (Å²) in [6, 6.07) is 10.7. The molecule has 3 aromatic heterocycles. The van der Waals surface area contributed by atoms with Gasteiger partial charge in [0.05, 0.1) is 25.9 Å². The highest BCUT2D eigenvalue weighted by molar-refractivity contribution is 6.30. The van der Waals surface area contributed by atoms with Crippen molar-refractivity contribution in [2.24, 2.45) is 0 Å². The lowest BCUT2D eigenvalue weighted by Gasteiger charge is -2.10. The summed E-state index contributed by atoms with van der Waals surface area (Å²) < 4.78 is 8.50. The molecule has 0 bridgehead atoms. The minimum absolute atomic E-state index is 0.193. The van der Waals surface area contributed by atoms with Crippen LogP contribution in [0, 0.1) is 0 Å². The molecule has 0 atom stereocenters. The second-order valence-corrected chi connectivity index (χ2v) is 7.39. The normalized spacial score (nSPS) is 10.9. The first-order valence-electron chi connectivity index (χ1n) is 10.1. The lowest BCUT2D eigenvalue weighted by Crippen LogP contribution is -2.28. The van der Waals surface area contributed by atoms with E-state index in [0.717, 1.165) is 5.56 Å². The van der Waals surface area contributed by atoms with Gasteiger partial charge in [0.25, 0.3) is 11.5 Å². The zero-order valence-corrected chi connectivity index (χ0v) is 18.1. The zero-order chi connectivity index (χ0) is 22.5. The molecule has 1 amide bonds. The molecule has 1 N–H and O–H groups in total. The van der Waals surface area contributed by atoms with Crippen molar-refractivity contribution in [3.63, 3.8) is 0 Å². The van der Waals surface area contributed by atoms with E-state index in [-0.39, 0.29) is 11.5 Å². The maximum Gasteiger partial charge on any atom is 0.264 e. The number of ether oxygens (including phenoxy) is 1. The molecule has 32 heavy (non-hydrogen) atoms. The summed E-state index contributed by atoms with van der Waals surface area (Å²) in [4.78, 5) is 33.8. The van der Waals surface area contributed by atoms with E-state index in [4.69, 9.17) is 16.3 Å². The van der Waals surface area contributed by atoms with Gasteiger partial charge < -0.3 is 10.1 Å². The van der Waals surface area contributed by atoms with E-state index in [9.17, 15) is 9.59 Å². The summed E-state index contributed by atoms with van der Waals surface area (Å²) in [7, 11) is 0. The van der Waals surface area contributed by atoms with Gasteiger partial charge in [-0.25, -0.2) is 14.6 Å². The Morgan fingerprint density at radius 3 is 2.91 bits per heavy atom. The van der Waals surface area contributed by atoms with Gasteiger partial charge >= 0.3 is 0 Å². The Hall–Kier alpha value is -3.72. The fraction of sp³-hybridized carbons (Fsp3) is 0.227. The number of aromatic nitrogens is 5. The molecule has 4 aromatic rings. The van der Waals surface area contributed by atoms with Crippen molar-refractivity contribution in [2.45, 2.75) is 20.0 Å². The number of pyridine rings is 1. The lowest BCUT2D eigenvalue weighted by molar-refractivity contribution is 0.0947. The number of fused-ring (bicyclic) bond motifs is 1. The Morgan fingerprint density at radius 2 is 2.09 bits per heavy atom. The van der Waals surface area contributed by atoms with E-state index in [1.165, 1.54) is 17.1 Å². The summed E-state index contributed by atoms with van der Waals surface area (Å²) in [6.07, 6.45) is 4.56. The van der Waals surface area contributed by atoms with Crippen LogP contribution in [0.4, 0.5) is 0 Å². The molecule has 0 spiro atoms. The molecular weight excluding hydrogens is 432 g/mol. The highest BCUT2D eigenvalue weighted by Gasteiger charge is 2.14. The Balaban J connectivity index is 1.45. The minimum Gasteiger partial charge on any atom is -0.477 e. The SMILES string of the molecule is CCOc1ncccc1C(=O)NCCn1ncc2c(=O)n(Cc3cccc(Cl)c3)cnc21. The van der Waals surface area contributed by atoms with E-state index in [0.29, 0.717) is 53.7 Å². The van der Waals surface area contributed by atoms with E-state index in [2.05, 4.69) is 20.4 Å². The number of benzene rings is 1. The first kappa shape index (κ1) is 21.5. The molecule has 0 aliphatic carbocycles. The largest absolute Gasteiger partial charge is 0.477 e. The van der Waals surface area contributed by atoms with Crippen LogP contribution >= 0.6 is 11.6 Å². The van der Waals surface area contributed by atoms with Crippen LogP contribution in [-0.2, 0) is 13.1 Å². The Bertz CT molecular complexity index is 1320. The Labute approximate surface area is 188 Å². The second-order valence-electron chi connectivity index (χ2n) is 6.96. The van der Waals surface area contributed by atoms with Gasteiger partial charge in [0.1, 0.15) is 17.3 Å². The van der Waals surface area contributed by atoms with Gasteiger partial charge in [-0.3, -0.25) is 14.2 Å². The summed E-state index contributed by atoms with van der Waals surface area (Å²) in [5.74, 6) is -0.00573. The predicted molar refractivity (Wildman–Crippen MR) is 120 cm³/mol. The van der Waals surface area contributed by atoms with Crippen LogP contribution in [0.15, 0.2) is 59.9 Å². The molecule has 4 rings (SSSR count). The van der Waals surface area contributed by atoms with E-state index >= 15 is 0 Å². The highest BCUT2D eigenvalue weighted by atomic mass is 35.5. The molecule has 0 fully saturated rings. The molecule has 1 aromatic carbocycles. The van der Waals surface area contributed by atoms with Crippen molar-refractivity contribution in [2.75, 3.05) is 13.2 Å². The Morgan fingerprint density at radius 1 is 1.22 bits per heavy atom. The third-order valence-corrected chi connectivity index (χ3v) is 5.01. The number of hydrogen-bond acceptors (Lipinski definition) is 6. The molecular formula is C22H21ClN6O3. The monoisotopic (exact) mass is 452 g/mol. The van der Waals surface area contributed by atoms with Gasteiger partial charge in [-0.2, -0.15) is 5.10 Å². The number of rotatable bonds is 8. The van der Waals surface area contributed by atoms with Crippen molar-refractivity contribution in [1.82, 2.24) is 29.6 Å². The van der Waals surface area contributed by atoms with Gasteiger partial charge in [-0.1, -0.05) is 23.7 Å². The predicted octanol–water partition coefficient (Wildman–Crippen LogP) is 2.52. The maximum absolute atomic E-state index is 12.8. The summed E-state index contributed by atoms with van der Waals surface area (Å²) >= 11 is 6.03. The molecule has 9 nitrogen and oxygen atoms in total. The number of nitrogens with one attached hydrogen (secondary N) is 1. The van der Waals surface area contributed by atoms with Crippen LogP contribution in [0.25, 0.3) is 11.0 Å². The minimum atomic E-state index is -0.296. The average molecular weight is 453 g/mol. The van der Waals surface area contributed by atoms with Gasteiger partial charge in [0, 0.05) is 17.8 Å². The molecule has 0 aliphatic rings. The molecule has 10 heteroatoms. The first-order chi connectivity index (χ1) is 15.6. The van der Waals surface area contributed by atoms with Crippen LogP contribution in [0.1, 0.15) is 22.8 Å². The topological polar surface area (TPSA) is 104 Å². The van der Waals surface area contributed by atoms with E-state index < -0.39 is 0 Å². The lowest BCUT2D eigenvalue weighted by atomic mass is 10.2. The summed E-state index contributed by atoms with van der Waals surface area (Å²) in [5, 5.41) is 8.11. The van der Waals surface area contributed by atoms with Crippen molar-refractivity contribution < 1.29 is 9.53 Å². The first-order valence-corrected chi connectivity index (χ1v) is 10.5. The third kappa shape index (κ3) is 4.62. The van der Waals surface area contributed by atoms with Crippen molar-refractivity contribution in [3.05, 3.63) is 81.6 Å². The third-order valence-electron chi connectivity index (χ3n) is 4.77. The van der Waals surface area contributed by atoms with Gasteiger partial charge in [0.2, 0.25) is 5.88 Å². The number of carbonyl (C=O) groups is 1. The quantitative estimate of drug-likeness (QED) is 0.440. The average Bonchev–Trinajstić information content (AvgIpc) is 3.20. The molecule has 0 saturated carbocycles. The molecule has 3 heterocycles. The number of halogens is 1. The van der Waals surface area contributed by atoms with Crippen LogP contribution in [0.2, 0.25) is 5.02 Å². The fourth-order valence-electron chi connectivity index (χ4n) is 3.29. The smallest absolute Gasteiger partial charge is 0.264 e. The number of nitrogens with zero attached hydrogens (tertiary/aromatic N) is 5. The van der Waals surface area contributed by atoms with Gasteiger partial charge in [-0.15, -0.1) is 0 Å². The molecule has 0 saturated heterocycles. The number of hydrogen-bond donors (Lipinski definition) is 1. The zero-order valence-electron chi connectivity index (χ0n) is 17.4. The molecule has 0 aliphatic heterocycles. The second kappa shape index (κ2) is 9.61. The maximum atomic E-state index is 12.8. The van der Waals surface area contributed by atoms with E-state index in [1.807, 2.05) is 25.1 Å². The van der Waals surface area contributed by atoms with Gasteiger partial charge in [-0.05, 0) is 36.8 Å². The van der Waals surface area contributed by atoms with Crippen molar-refractivity contribution in [3.8, 4) is 5.88 Å². The van der Waals surface area contributed by atoms with E-state index in [1.54, 1.807) is 29.1 Å². The van der Waals surface area contributed by atoms with Crippen LogP contribution in [-0.4, -0.2) is 43.4 Å². The summed E-state index contributed by atoms with van der Waals surface area (Å²) in [5.41, 5.74) is 1.53. The molecule has 164 valence electrons. The van der Waals surface area contributed by atoms with Gasteiger partial charge in [0.15, 0.2) is 5.65 Å². The highest BCUT2D eigenvalue weighted by Crippen LogP contribution is 2.14. The number of amides is 1. The van der Waals surface area contributed by atoms with Crippen LogP contribution in [0.3, 0.4) is 0 Å².